The molecule has 0 spiro atoms. The van der Waals surface area contributed by atoms with Gasteiger partial charge in [0.25, 0.3) is 0 Å². The van der Waals surface area contributed by atoms with Crippen LogP contribution < -0.4 is 0 Å². The Hall–Kier alpha value is -1.88. The van der Waals surface area contributed by atoms with E-state index in [4.69, 9.17) is 9.47 Å². The van der Waals surface area contributed by atoms with Gasteiger partial charge in [-0.25, -0.2) is 0 Å². The fourth-order valence-electron chi connectivity index (χ4n) is 3.02. The summed E-state index contributed by atoms with van der Waals surface area (Å²) in [6.07, 6.45) is 1.57. The first kappa shape index (κ1) is 17.5. The smallest absolute Gasteiger partial charge is 0.307 e. The molecule has 1 aliphatic heterocycles. The van der Waals surface area contributed by atoms with Crippen LogP contribution in [0.4, 0.5) is 0 Å². The third kappa shape index (κ3) is 5.06. The van der Waals surface area contributed by atoms with Crippen LogP contribution in [0.15, 0.2) is 30.3 Å². The molecule has 0 unspecified atom stereocenters. The summed E-state index contributed by atoms with van der Waals surface area (Å²) in [5, 5.41) is 0. The summed E-state index contributed by atoms with van der Waals surface area (Å²) in [4.78, 5) is 25.7. The van der Waals surface area contributed by atoms with Gasteiger partial charge in [0.1, 0.15) is 0 Å². The number of carbonyl (C=O) groups is 2. The van der Waals surface area contributed by atoms with Gasteiger partial charge in [0.15, 0.2) is 0 Å². The van der Waals surface area contributed by atoms with E-state index in [9.17, 15) is 9.59 Å². The minimum atomic E-state index is -0.176. The van der Waals surface area contributed by atoms with E-state index in [0.29, 0.717) is 26.1 Å². The normalized spacial score (nSPS) is 20.6. The van der Waals surface area contributed by atoms with Gasteiger partial charge in [0.2, 0.25) is 0 Å². The van der Waals surface area contributed by atoms with Crippen LogP contribution >= 0.6 is 0 Å². The van der Waals surface area contributed by atoms with E-state index in [0.717, 1.165) is 13.0 Å². The van der Waals surface area contributed by atoms with Crippen molar-refractivity contribution >= 4 is 11.9 Å². The van der Waals surface area contributed by atoms with Crippen molar-refractivity contribution in [1.82, 2.24) is 4.90 Å². The molecule has 126 valence electrons. The Labute approximate surface area is 137 Å². The minimum absolute atomic E-state index is 0.133. The number of carbonyl (C=O) groups excluding carboxylic acids is 2. The summed E-state index contributed by atoms with van der Waals surface area (Å²) >= 11 is 0. The van der Waals surface area contributed by atoms with E-state index in [1.165, 1.54) is 5.56 Å². The summed E-state index contributed by atoms with van der Waals surface area (Å²) < 4.78 is 10.1. The maximum Gasteiger partial charge on any atom is 0.307 e. The lowest BCUT2D eigenvalue weighted by Gasteiger charge is -2.48. The number of esters is 2. The second-order valence-corrected chi connectivity index (χ2v) is 5.72. The van der Waals surface area contributed by atoms with Crippen molar-refractivity contribution in [1.29, 1.82) is 0 Å². The van der Waals surface area contributed by atoms with Crippen LogP contribution in [0.2, 0.25) is 0 Å². The van der Waals surface area contributed by atoms with Crippen molar-refractivity contribution in [3.8, 4) is 0 Å². The highest BCUT2D eigenvalue weighted by Crippen LogP contribution is 2.32. The van der Waals surface area contributed by atoms with Crippen molar-refractivity contribution in [3.05, 3.63) is 35.9 Å². The average Bonchev–Trinajstić information content (AvgIpc) is 2.53. The third-order valence-electron chi connectivity index (χ3n) is 4.11. The van der Waals surface area contributed by atoms with Gasteiger partial charge < -0.3 is 9.47 Å². The van der Waals surface area contributed by atoms with Crippen LogP contribution in [0.25, 0.3) is 0 Å². The van der Waals surface area contributed by atoms with E-state index < -0.39 is 0 Å². The van der Waals surface area contributed by atoms with Crippen molar-refractivity contribution in [2.45, 2.75) is 51.7 Å². The molecule has 0 saturated carbocycles. The molecule has 5 nitrogen and oxygen atoms in total. The Morgan fingerprint density at radius 3 is 2.00 bits per heavy atom. The van der Waals surface area contributed by atoms with Gasteiger partial charge in [-0.2, -0.15) is 0 Å². The maximum atomic E-state index is 11.7. The average molecular weight is 319 g/mol. The lowest BCUT2D eigenvalue weighted by Crippen LogP contribution is -2.56. The molecule has 0 bridgehead atoms. The standard InChI is InChI=1S/C18H25NO4/c1-3-22-17(20)11-15-10-16(12-18(21)23-4-2)19(15)13-14-8-6-5-7-9-14/h5-9,15-16H,3-4,10-13H2,1-2H3/t15-,16+. The zero-order chi connectivity index (χ0) is 16.7. The van der Waals surface area contributed by atoms with E-state index in [1.54, 1.807) is 0 Å². The first-order valence-electron chi connectivity index (χ1n) is 8.25. The molecule has 0 radical (unpaired) electrons. The van der Waals surface area contributed by atoms with Crippen molar-refractivity contribution in [2.24, 2.45) is 0 Å². The highest BCUT2D eigenvalue weighted by Gasteiger charge is 2.40. The number of hydrogen-bond donors (Lipinski definition) is 0. The van der Waals surface area contributed by atoms with Gasteiger partial charge in [0.05, 0.1) is 26.1 Å². The minimum Gasteiger partial charge on any atom is -0.466 e. The molecule has 2 rings (SSSR count). The molecule has 0 aromatic heterocycles. The van der Waals surface area contributed by atoms with Gasteiger partial charge in [0, 0.05) is 18.6 Å². The Kier molecular flexibility index (Phi) is 6.59. The number of ether oxygens (including phenoxy) is 2. The van der Waals surface area contributed by atoms with E-state index in [-0.39, 0.29) is 24.0 Å². The van der Waals surface area contributed by atoms with E-state index >= 15 is 0 Å². The highest BCUT2D eigenvalue weighted by molar-refractivity contribution is 5.71. The molecule has 0 amide bonds. The SMILES string of the molecule is CCOC(=O)C[C@@H]1C[C@H](CC(=O)OCC)N1Cc1ccccc1. The first-order chi connectivity index (χ1) is 11.1. The molecule has 1 saturated heterocycles. The fourth-order valence-corrected chi connectivity index (χ4v) is 3.02. The van der Waals surface area contributed by atoms with Crippen LogP contribution in [0.3, 0.4) is 0 Å². The summed E-state index contributed by atoms with van der Waals surface area (Å²) in [5.74, 6) is -0.352. The van der Waals surface area contributed by atoms with Gasteiger partial charge in [-0.15, -0.1) is 0 Å². The van der Waals surface area contributed by atoms with E-state index in [1.807, 2.05) is 32.0 Å². The summed E-state index contributed by atoms with van der Waals surface area (Å²) in [6, 6.07) is 10.3. The Bertz CT molecular complexity index is 491. The number of rotatable bonds is 8. The largest absolute Gasteiger partial charge is 0.466 e. The molecule has 1 aromatic rings. The predicted molar refractivity (Wildman–Crippen MR) is 86.7 cm³/mol. The lowest BCUT2D eigenvalue weighted by molar-refractivity contribution is -0.150. The van der Waals surface area contributed by atoms with Crippen molar-refractivity contribution in [2.75, 3.05) is 13.2 Å². The molecule has 1 aliphatic rings. The number of hydrogen-bond acceptors (Lipinski definition) is 5. The second-order valence-electron chi connectivity index (χ2n) is 5.72. The van der Waals surface area contributed by atoms with Crippen molar-refractivity contribution in [3.63, 3.8) is 0 Å². The first-order valence-corrected chi connectivity index (χ1v) is 8.25. The van der Waals surface area contributed by atoms with Crippen LogP contribution in [0, 0.1) is 0 Å². The number of likely N-dealkylation sites (tertiary alicyclic amines) is 1. The van der Waals surface area contributed by atoms with Crippen molar-refractivity contribution < 1.29 is 19.1 Å². The Balaban J connectivity index is 1.97. The Morgan fingerprint density at radius 1 is 1.00 bits per heavy atom. The maximum absolute atomic E-state index is 11.7. The van der Waals surface area contributed by atoms with Gasteiger partial charge in [-0.1, -0.05) is 30.3 Å². The summed E-state index contributed by atoms with van der Waals surface area (Å²) in [6.45, 7) is 5.15. The van der Waals surface area contributed by atoms with Gasteiger partial charge in [-0.05, 0) is 25.8 Å². The van der Waals surface area contributed by atoms with Crippen LogP contribution in [0.1, 0.15) is 38.7 Å². The predicted octanol–water partition coefficient (Wildman–Crippen LogP) is 2.54. The summed E-state index contributed by atoms with van der Waals surface area (Å²) in [7, 11) is 0. The van der Waals surface area contributed by atoms with Gasteiger partial charge in [-0.3, -0.25) is 14.5 Å². The van der Waals surface area contributed by atoms with Crippen LogP contribution in [-0.2, 0) is 25.6 Å². The zero-order valence-corrected chi connectivity index (χ0v) is 13.9. The highest BCUT2D eigenvalue weighted by atomic mass is 16.5. The molecule has 23 heavy (non-hydrogen) atoms. The monoisotopic (exact) mass is 319 g/mol. The number of benzene rings is 1. The lowest BCUT2D eigenvalue weighted by atomic mass is 9.87. The molecule has 1 fully saturated rings. The topological polar surface area (TPSA) is 55.8 Å². The van der Waals surface area contributed by atoms with E-state index in [2.05, 4.69) is 17.0 Å². The fraction of sp³-hybridized carbons (Fsp3) is 0.556. The molecule has 0 aliphatic carbocycles. The molecule has 2 atom stereocenters. The molecule has 1 aromatic carbocycles. The van der Waals surface area contributed by atoms with Crippen LogP contribution in [0.5, 0.6) is 0 Å². The molecule has 5 heteroatoms. The molecule has 0 N–H and O–H groups in total. The molecular weight excluding hydrogens is 294 g/mol. The van der Waals surface area contributed by atoms with Gasteiger partial charge >= 0.3 is 11.9 Å². The third-order valence-corrected chi connectivity index (χ3v) is 4.11. The second kappa shape index (κ2) is 8.67. The number of nitrogens with zero attached hydrogens (tertiary/aromatic N) is 1. The quantitative estimate of drug-likeness (QED) is 0.689. The summed E-state index contributed by atoms with van der Waals surface area (Å²) in [5.41, 5.74) is 1.18. The molecular formula is C18H25NO4. The van der Waals surface area contributed by atoms with Crippen LogP contribution in [-0.4, -0.2) is 42.1 Å². The Morgan fingerprint density at radius 2 is 1.52 bits per heavy atom. The molecule has 1 heterocycles. The zero-order valence-electron chi connectivity index (χ0n) is 13.9.